The van der Waals surface area contributed by atoms with E-state index in [1.54, 1.807) is 0 Å². The third-order valence-corrected chi connectivity index (χ3v) is 3.62. The minimum absolute atomic E-state index is 0.0437. The molecule has 0 amide bonds. The summed E-state index contributed by atoms with van der Waals surface area (Å²) in [5, 5.41) is 4.43. The number of ketones is 1. The zero-order chi connectivity index (χ0) is 12.8. The molecule has 2 rings (SSSR count). The Morgan fingerprint density at radius 2 is 2.06 bits per heavy atom. The number of nitrogens with one attached hydrogen (secondary N) is 1. The Kier molecular flexibility index (Phi) is 2.83. The molecule has 0 radical (unpaired) electrons. The van der Waals surface area contributed by atoms with E-state index >= 15 is 0 Å². The van der Waals surface area contributed by atoms with E-state index in [0.29, 0.717) is 12.2 Å². The second-order valence-electron chi connectivity index (χ2n) is 7.57. The van der Waals surface area contributed by atoms with Gasteiger partial charge in [0, 0.05) is 6.42 Å². The van der Waals surface area contributed by atoms with Gasteiger partial charge in [-0.2, -0.15) is 5.10 Å². The highest BCUT2D eigenvalue weighted by Gasteiger charge is 2.46. The highest BCUT2D eigenvalue weighted by atomic mass is 16.1. The molecule has 3 heteroatoms. The van der Waals surface area contributed by atoms with Gasteiger partial charge in [0.1, 0.15) is 5.78 Å². The van der Waals surface area contributed by atoms with Gasteiger partial charge in [-0.1, -0.05) is 34.6 Å². The highest BCUT2D eigenvalue weighted by Crippen LogP contribution is 2.40. The van der Waals surface area contributed by atoms with Crippen molar-refractivity contribution in [2.24, 2.45) is 21.8 Å². The predicted molar refractivity (Wildman–Crippen MR) is 69.9 cm³/mol. The first-order valence-corrected chi connectivity index (χ1v) is 6.53. The van der Waals surface area contributed by atoms with E-state index in [1.165, 1.54) is 0 Å². The molecule has 0 aromatic rings. The van der Waals surface area contributed by atoms with Crippen molar-refractivity contribution in [2.45, 2.75) is 59.9 Å². The van der Waals surface area contributed by atoms with Gasteiger partial charge >= 0.3 is 0 Å². The zero-order valence-corrected chi connectivity index (χ0v) is 11.6. The van der Waals surface area contributed by atoms with Gasteiger partial charge in [-0.25, -0.2) is 0 Å². The SMILES string of the molecule is CC(C)(C)CC1=NN[C@H]2CC(C)(C)CC(=O)[C@H]12. The van der Waals surface area contributed by atoms with Gasteiger partial charge in [0.25, 0.3) is 0 Å². The third-order valence-electron chi connectivity index (χ3n) is 3.62. The van der Waals surface area contributed by atoms with Crippen molar-refractivity contribution in [3.8, 4) is 0 Å². The average Bonchev–Trinajstić information content (AvgIpc) is 2.42. The summed E-state index contributed by atoms with van der Waals surface area (Å²) in [6, 6.07) is 0.239. The van der Waals surface area contributed by atoms with Crippen LogP contribution < -0.4 is 5.43 Å². The van der Waals surface area contributed by atoms with Crippen molar-refractivity contribution in [1.82, 2.24) is 5.43 Å². The Hall–Kier alpha value is -0.860. The summed E-state index contributed by atoms with van der Waals surface area (Å²) in [6.07, 6.45) is 2.65. The lowest BCUT2D eigenvalue weighted by Crippen LogP contribution is -2.45. The fourth-order valence-corrected chi connectivity index (χ4v) is 3.06. The first-order valence-electron chi connectivity index (χ1n) is 6.53. The van der Waals surface area contributed by atoms with Gasteiger partial charge in [-0.3, -0.25) is 4.79 Å². The van der Waals surface area contributed by atoms with E-state index in [4.69, 9.17) is 0 Å². The molecular formula is C14H24N2O. The molecule has 0 unspecified atom stereocenters. The van der Waals surface area contributed by atoms with E-state index in [1.807, 2.05) is 0 Å². The maximum Gasteiger partial charge on any atom is 0.144 e. The number of carbonyl (C=O) groups excluding carboxylic acids is 1. The Balaban J connectivity index is 2.14. The van der Waals surface area contributed by atoms with Crippen molar-refractivity contribution in [3.05, 3.63) is 0 Å². The standard InChI is InChI=1S/C14H24N2O/c1-13(2,3)6-9-12-10(16-15-9)7-14(4,5)8-11(12)17/h10,12,16H,6-8H2,1-5H3/t10-,12+/m0/s1. The van der Waals surface area contributed by atoms with Gasteiger partial charge in [0.2, 0.25) is 0 Å². The quantitative estimate of drug-likeness (QED) is 0.760. The molecule has 1 aliphatic heterocycles. The Bertz CT molecular complexity index is 363. The molecule has 1 fully saturated rings. The van der Waals surface area contributed by atoms with Crippen LogP contribution in [0.25, 0.3) is 0 Å². The van der Waals surface area contributed by atoms with E-state index in [0.717, 1.165) is 18.6 Å². The van der Waals surface area contributed by atoms with Crippen molar-refractivity contribution in [3.63, 3.8) is 0 Å². The number of Topliss-reactive ketones (excluding diaryl/α,β-unsaturated/α-hetero) is 1. The maximum absolute atomic E-state index is 12.3. The number of hydrazone groups is 1. The third kappa shape index (κ3) is 2.70. The van der Waals surface area contributed by atoms with Crippen LogP contribution in [0.2, 0.25) is 0 Å². The molecule has 0 bridgehead atoms. The van der Waals surface area contributed by atoms with E-state index in [-0.39, 0.29) is 22.8 Å². The lowest BCUT2D eigenvalue weighted by Gasteiger charge is -2.36. The van der Waals surface area contributed by atoms with Gasteiger partial charge in [0.15, 0.2) is 0 Å². The molecule has 2 aliphatic rings. The Morgan fingerprint density at radius 1 is 1.41 bits per heavy atom. The molecule has 1 saturated carbocycles. The number of hydrogen-bond donors (Lipinski definition) is 1. The normalized spacial score (nSPS) is 31.8. The van der Waals surface area contributed by atoms with Crippen molar-refractivity contribution < 1.29 is 4.79 Å². The second kappa shape index (κ2) is 3.82. The molecule has 0 aromatic heterocycles. The van der Waals surface area contributed by atoms with Crippen LogP contribution in [0.1, 0.15) is 53.9 Å². The van der Waals surface area contributed by atoms with Gasteiger partial charge < -0.3 is 5.43 Å². The van der Waals surface area contributed by atoms with Crippen molar-refractivity contribution >= 4 is 11.5 Å². The maximum atomic E-state index is 12.3. The molecule has 17 heavy (non-hydrogen) atoms. The first-order chi connectivity index (χ1) is 7.68. The van der Waals surface area contributed by atoms with E-state index in [9.17, 15) is 4.79 Å². The monoisotopic (exact) mass is 236 g/mol. The summed E-state index contributed by atoms with van der Waals surface area (Å²) in [5.74, 6) is 0.418. The Labute approximate surface area is 104 Å². The summed E-state index contributed by atoms with van der Waals surface area (Å²) in [7, 11) is 0. The van der Waals surface area contributed by atoms with Crippen molar-refractivity contribution in [2.75, 3.05) is 0 Å². The number of nitrogens with zero attached hydrogens (tertiary/aromatic N) is 1. The average molecular weight is 236 g/mol. The van der Waals surface area contributed by atoms with Crippen LogP contribution >= 0.6 is 0 Å². The largest absolute Gasteiger partial charge is 0.306 e. The summed E-state index contributed by atoms with van der Waals surface area (Å²) >= 11 is 0. The molecule has 1 heterocycles. The molecule has 3 nitrogen and oxygen atoms in total. The molecule has 1 N–H and O–H groups in total. The minimum Gasteiger partial charge on any atom is -0.306 e. The topological polar surface area (TPSA) is 41.5 Å². The molecule has 0 aromatic carbocycles. The fourth-order valence-electron chi connectivity index (χ4n) is 3.06. The van der Waals surface area contributed by atoms with E-state index in [2.05, 4.69) is 45.1 Å². The first kappa shape index (κ1) is 12.6. The number of rotatable bonds is 1. The molecule has 96 valence electrons. The van der Waals surface area contributed by atoms with Crippen LogP contribution in [0.4, 0.5) is 0 Å². The minimum atomic E-state index is 0.0437. The van der Waals surface area contributed by atoms with Crippen LogP contribution in [-0.2, 0) is 4.79 Å². The summed E-state index contributed by atoms with van der Waals surface area (Å²) in [4.78, 5) is 12.3. The fraction of sp³-hybridized carbons (Fsp3) is 0.857. The lowest BCUT2D eigenvalue weighted by atomic mass is 9.67. The molecular weight excluding hydrogens is 212 g/mol. The lowest BCUT2D eigenvalue weighted by molar-refractivity contribution is -0.126. The molecule has 2 atom stereocenters. The van der Waals surface area contributed by atoms with Gasteiger partial charge in [-0.05, 0) is 23.7 Å². The van der Waals surface area contributed by atoms with Gasteiger partial charge in [0.05, 0.1) is 17.7 Å². The molecule has 0 spiro atoms. The van der Waals surface area contributed by atoms with Crippen LogP contribution in [0.5, 0.6) is 0 Å². The smallest absolute Gasteiger partial charge is 0.144 e. The highest BCUT2D eigenvalue weighted by molar-refractivity contribution is 6.07. The number of fused-ring (bicyclic) bond motifs is 1. The van der Waals surface area contributed by atoms with Gasteiger partial charge in [-0.15, -0.1) is 0 Å². The predicted octanol–water partition coefficient (Wildman–Crippen LogP) is 2.76. The Morgan fingerprint density at radius 3 is 2.65 bits per heavy atom. The summed E-state index contributed by atoms with van der Waals surface area (Å²) in [5.41, 5.74) is 4.58. The van der Waals surface area contributed by atoms with Crippen LogP contribution in [0.15, 0.2) is 5.10 Å². The van der Waals surface area contributed by atoms with Crippen molar-refractivity contribution in [1.29, 1.82) is 0 Å². The van der Waals surface area contributed by atoms with Crippen LogP contribution in [0.3, 0.4) is 0 Å². The van der Waals surface area contributed by atoms with E-state index < -0.39 is 0 Å². The zero-order valence-electron chi connectivity index (χ0n) is 11.6. The van der Waals surface area contributed by atoms with Crippen LogP contribution in [0, 0.1) is 16.7 Å². The number of hydrogen-bond acceptors (Lipinski definition) is 3. The summed E-state index contributed by atoms with van der Waals surface area (Å²) in [6.45, 7) is 10.9. The molecule has 1 aliphatic carbocycles. The molecule has 0 saturated heterocycles. The van der Waals surface area contributed by atoms with Crippen LogP contribution in [-0.4, -0.2) is 17.5 Å². The second-order valence-corrected chi connectivity index (χ2v) is 7.57. The summed E-state index contributed by atoms with van der Waals surface area (Å²) < 4.78 is 0. The number of carbonyl (C=O) groups is 1.